The molecule has 0 saturated carbocycles. The Morgan fingerprint density at radius 1 is 1.14 bits per heavy atom. The molecule has 106 valence electrons. The predicted molar refractivity (Wildman–Crippen MR) is 80.2 cm³/mol. The number of nitrogens with two attached hydrogens (primary N) is 1. The predicted octanol–water partition coefficient (Wildman–Crippen LogP) is 2.31. The monoisotopic (exact) mass is 281 g/mol. The smallest absolute Gasteiger partial charge is 0.242 e. The molecule has 3 rings (SSSR count). The molecule has 6 nitrogen and oxygen atoms in total. The SMILES string of the molecule is CCOc1ncnc(-n2cc(-c3ccccc3)cn2)c1N. The van der Waals surface area contributed by atoms with E-state index in [9.17, 15) is 0 Å². The fraction of sp³-hybridized carbons (Fsp3) is 0.133. The molecule has 0 aliphatic carbocycles. The first-order valence-electron chi connectivity index (χ1n) is 6.63. The van der Waals surface area contributed by atoms with E-state index in [1.165, 1.54) is 6.33 Å². The van der Waals surface area contributed by atoms with Gasteiger partial charge in [-0.25, -0.2) is 9.67 Å². The highest BCUT2D eigenvalue weighted by molar-refractivity contribution is 5.64. The topological polar surface area (TPSA) is 78.9 Å². The Kier molecular flexibility index (Phi) is 3.51. The van der Waals surface area contributed by atoms with Crippen LogP contribution < -0.4 is 10.5 Å². The minimum atomic E-state index is 0.374. The van der Waals surface area contributed by atoms with Crippen LogP contribution in [0.1, 0.15) is 6.92 Å². The highest BCUT2D eigenvalue weighted by Crippen LogP contribution is 2.25. The van der Waals surface area contributed by atoms with Crippen LogP contribution in [0.15, 0.2) is 49.1 Å². The molecule has 0 spiro atoms. The van der Waals surface area contributed by atoms with Gasteiger partial charge in [-0.05, 0) is 12.5 Å². The molecular formula is C15H15N5O. The average molecular weight is 281 g/mol. The molecule has 0 amide bonds. The Labute approximate surface area is 122 Å². The third-order valence-electron chi connectivity index (χ3n) is 3.01. The second kappa shape index (κ2) is 5.62. The molecule has 0 bridgehead atoms. The van der Waals surface area contributed by atoms with Crippen LogP contribution in [-0.4, -0.2) is 26.4 Å². The summed E-state index contributed by atoms with van der Waals surface area (Å²) in [5.41, 5.74) is 8.49. The third-order valence-corrected chi connectivity index (χ3v) is 3.01. The number of nitrogen functional groups attached to an aromatic ring is 1. The molecule has 6 heteroatoms. The zero-order chi connectivity index (χ0) is 14.7. The quantitative estimate of drug-likeness (QED) is 0.794. The van der Waals surface area contributed by atoms with Crippen molar-refractivity contribution in [3.63, 3.8) is 0 Å². The summed E-state index contributed by atoms with van der Waals surface area (Å²) in [6.07, 6.45) is 5.07. The van der Waals surface area contributed by atoms with Crippen molar-refractivity contribution in [3.8, 4) is 22.8 Å². The maximum absolute atomic E-state index is 6.04. The Morgan fingerprint density at radius 3 is 2.71 bits per heavy atom. The first-order chi connectivity index (χ1) is 10.3. The van der Waals surface area contributed by atoms with Gasteiger partial charge < -0.3 is 10.5 Å². The van der Waals surface area contributed by atoms with Crippen LogP contribution in [0.2, 0.25) is 0 Å². The standard InChI is InChI=1S/C15H15N5O/c1-2-21-15-13(16)14(17-10-18-15)20-9-12(8-19-20)11-6-4-3-5-7-11/h3-10H,2,16H2,1H3. The molecule has 0 fully saturated rings. The minimum absolute atomic E-state index is 0.374. The van der Waals surface area contributed by atoms with Gasteiger partial charge in [0, 0.05) is 11.8 Å². The maximum Gasteiger partial charge on any atom is 0.242 e. The largest absolute Gasteiger partial charge is 0.476 e. The number of benzene rings is 1. The van der Waals surface area contributed by atoms with Crippen molar-refractivity contribution < 1.29 is 4.74 Å². The number of aromatic nitrogens is 4. The first-order valence-corrected chi connectivity index (χ1v) is 6.63. The van der Waals surface area contributed by atoms with E-state index in [-0.39, 0.29) is 0 Å². The zero-order valence-electron chi connectivity index (χ0n) is 11.6. The molecule has 2 aromatic heterocycles. The molecule has 3 aromatic rings. The molecule has 2 N–H and O–H groups in total. The summed E-state index contributed by atoms with van der Waals surface area (Å²) in [5.74, 6) is 0.884. The number of anilines is 1. The lowest BCUT2D eigenvalue weighted by Gasteiger charge is -2.08. The number of hydrogen-bond donors (Lipinski definition) is 1. The van der Waals surface area contributed by atoms with Crippen LogP contribution in [-0.2, 0) is 0 Å². The number of rotatable bonds is 4. The van der Waals surface area contributed by atoms with Crippen molar-refractivity contribution >= 4 is 5.69 Å². The van der Waals surface area contributed by atoms with E-state index >= 15 is 0 Å². The van der Waals surface area contributed by atoms with Crippen LogP contribution in [0.4, 0.5) is 5.69 Å². The summed E-state index contributed by atoms with van der Waals surface area (Å²) in [7, 11) is 0. The van der Waals surface area contributed by atoms with Gasteiger partial charge in [0.25, 0.3) is 0 Å². The molecule has 2 heterocycles. The summed E-state index contributed by atoms with van der Waals surface area (Å²) in [6, 6.07) is 10.00. The summed E-state index contributed by atoms with van der Waals surface area (Å²) >= 11 is 0. The van der Waals surface area contributed by atoms with E-state index in [0.29, 0.717) is 24.0 Å². The Balaban J connectivity index is 1.99. The van der Waals surface area contributed by atoms with Gasteiger partial charge in [0.15, 0.2) is 5.82 Å². The number of hydrogen-bond acceptors (Lipinski definition) is 5. The Morgan fingerprint density at radius 2 is 1.95 bits per heavy atom. The Bertz CT molecular complexity index is 739. The highest BCUT2D eigenvalue weighted by atomic mass is 16.5. The average Bonchev–Trinajstić information content (AvgIpc) is 3.00. The van der Waals surface area contributed by atoms with E-state index in [2.05, 4.69) is 15.1 Å². The van der Waals surface area contributed by atoms with E-state index in [1.807, 2.05) is 43.5 Å². The van der Waals surface area contributed by atoms with Crippen molar-refractivity contribution in [1.82, 2.24) is 19.7 Å². The van der Waals surface area contributed by atoms with Crippen molar-refractivity contribution in [1.29, 1.82) is 0 Å². The molecule has 0 radical (unpaired) electrons. The normalized spacial score (nSPS) is 10.5. The lowest BCUT2D eigenvalue weighted by molar-refractivity contribution is 0.328. The van der Waals surface area contributed by atoms with E-state index < -0.39 is 0 Å². The summed E-state index contributed by atoms with van der Waals surface area (Å²) in [4.78, 5) is 8.20. The van der Waals surface area contributed by atoms with Crippen molar-refractivity contribution in [2.45, 2.75) is 6.92 Å². The van der Waals surface area contributed by atoms with Gasteiger partial charge in [-0.1, -0.05) is 30.3 Å². The fourth-order valence-corrected chi connectivity index (χ4v) is 2.02. The molecule has 0 saturated heterocycles. The molecular weight excluding hydrogens is 266 g/mol. The van der Waals surface area contributed by atoms with Crippen LogP contribution in [0.5, 0.6) is 5.88 Å². The third kappa shape index (κ3) is 2.55. The van der Waals surface area contributed by atoms with Crippen LogP contribution in [0, 0.1) is 0 Å². The molecule has 0 atom stereocenters. The van der Waals surface area contributed by atoms with Gasteiger partial charge in [0.05, 0.1) is 12.8 Å². The lowest BCUT2D eigenvalue weighted by Crippen LogP contribution is -2.07. The summed E-state index contributed by atoms with van der Waals surface area (Å²) in [5, 5.41) is 4.32. The fourth-order valence-electron chi connectivity index (χ4n) is 2.02. The van der Waals surface area contributed by atoms with E-state index in [1.54, 1.807) is 10.9 Å². The van der Waals surface area contributed by atoms with Gasteiger partial charge >= 0.3 is 0 Å². The van der Waals surface area contributed by atoms with E-state index in [4.69, 9.17) is 10.5 Å². The molecule has 1 aromatic carbocycles. The summed E-state index contributed by atoms with van der Waals surface area (Å²) in [6.45, 7) is 2.37. The van der Waals surface area contributed by atoms with Crippen LogP contribution in [0.25, 0.3) is 16.9 Å². The molecule has 0 unspecified atom stereocenters. The molecule has 21 heavy (non-hydrogen) atoms. The highest BCUT2D eigenvalue weighted by Gasteiger charge is 2.12. The van der Waals surface area contributed by atoms with Gasteiger partial charge in [-0.3, -0.25) is 0 Å². The van der Waals surface area contributed by atoms with Gasteiger partial charge in [-0.2, -0.15) is 10.1 Å². The van der Waals surface area contributed by atoms with Crippen molar-refractivity contribution in [2.75, 3.05) is 12.3 Å². The van der Waals surface area contributed by atoms with Crippen LogP contribution >= 0.6 is 0 Å². The zero-order valence-corrected chi connectivity index (χ0v) is 11.6. The number of ether oxygens (including phenoxy) is 1. The summed E-state index contributed by atoms with van der Waals surface area (Å²) < 4.78 is 7.00. The second-order valence-corrected chi connectivity index (χ2v) is 4.39. The molecule has 0 aliphatic rings. The van der Waals surface area contributed by atoms with E-state index in [0.717, 1.165) is 11.1 Å². The second-order valence-electron chi connectivity index (χ2n) is 4.39. The maximum atomic E-state index is 6.04. The van der Waals surface area contributed by atoms with Gasteiger partial charge in [-0.15, -0.1) is 0 Å². The van der Waals surface area contributed by atoms with Crippen molar-refractivity contribution in [3.05, 3.63) is 49.1 Å². The van der Waals surface area contributed by atoms with Gasteiger partial charge in [0.1, 0.15) is 12.0 Å². The molecule has 0 aliphatic heterocycles. The van der Waals surface area contributed by atoms with Gasteiger partial charge in [0.2, 0.25) is 5.88 Å². The lowest BCUT2D eigenvalue weighted by atomic mass is 10.1. The number of nitrogens with zero attached hydrogens (tertiary/aromatic N) is 4. The van der Waals surface area contributed by atoms with Crippen molar-refractivity contribution in [2.24, 2.45) is 0 Å². The van der Waals surface area contributed by atoms with Crippen LogP contribution in [0.3, 0.4) is 0 Å². The minimum Gasteiger partial charge on any atom is -0.476 e. The Hall–Kier alpha value is -2.89. The first kappa shape index (κ1) is 13.1.